The zero-order valence-corrected chi connectivity index (χ0v) is 16.0. The number of rotatable bonds is 6. The fourth-order valence-corrected chi connectivity index (χ4v) is 2.74. The van der Waals surface area contributed by atoms with Gasteiger partial charge in [0.05, 0.1) is 0 Å². The van der Waals surface area contributed by atoms with Gasteiger partial charge in [-0.05, 0) is 31.2 Å². The Kier molecular flexibility index (Phi) is 5.33. The Morgan fingerprint density at radius 1 is 1.00 bits per heavy atom. The number of carbonyl (C=O) groups excluding carboxylic acids is 2. The molecule has 0 spiro atoms. The maximum atomic E-state index is 12.4. The van der Waals surface area contributed by atoms with Crippen LogP contribution in [0, 0.1) is 0 Å². The first-order chi connectivity index (χ1) is 14.6. The van der Waals surface area contributed by atoms with Crippen LogP contribution < -0.4 is 10.6 Å². The summed E-state index contributed by atoms with van der Waals surface area (Å²) in [4.78, 5) is 28.5. The highest BCUT2D eigenvalue weighted by molar-refractivity contribution is 6.03. The summed E-state index contributed by atoms with van der Waals surface area (Å²) >= 11 is 0. The van der Waals surface area contributed by atoms with Gasteiger partial charge in [0.1, 0.15) is 18.7 Å². The molecule has 2 N–H and O–H groups in total. The highest BCUT2D eigenvalue weighted by atomic mass is 16.5. The van der Waals surface area contributed by atoms with Crippen LogP contribution in [0.4, 0.5) is 11.4 Å². The van der Waals surface area contributed by atoms with Crippen LogP contribution in [0.25, 0.3) is 11.3 Å². The first-order valence-corrected chi connectivity index (χ1v) is 9.18. The minimum Gasteiger partial charge on any atom is -0.355 e. The Bertz CT molecular complexity index is 1140. The summed E-state index contributed by atoms with van der Waals surface area (Å²) in [5.74, 6) is -0.105. The van der Waals surface area contributed by atoms with Crippen molar-refractivity contribution < 1.29 is 14.1 Å². The fourth-order valence-electron chi connectivity index (χ4n) is 2.74. The Morgan fingerprint density at radius 3 is 2.37 bits per heavy atom. The number of amides is 2. The molecule has 150 valence electrons. The lowest BCUT2D eigenvalue weighted by molar-refractivity contribution is -0.119. The molecule has 0 aliphatic rings. The highest BCUT2D eigenvalue weighted by Crippen LogP contribution is 2.21. The van der Waals surface area contributed by atoms with Crippen molar-refractivity contribution in [1.29, 1.82) is 0 Å². The quantitative estimate of drug-likeness (QED) is 0.511. The lowest BCUT2D eigenvalue weighted by Gasteiger charge is -2.12. The molecule has 2 aromatic heterocycles. The molecule has 9 heteroatoms. The molecule has 0 radical (unpaired) electrons. The van der Waals surface area contributed by atoms with Gasteiger partial charge in [-0.1, -0.05) is 35.5 Å². The number of benzene rings is 2. The summed E-state index contributed by atoms with van der Waals surface area (Å²) in [6.45, 7) is 1.72. The molecule has 4 aromatic rings. The summed E-state index contributed by atoms with van der Waals surface area (Å²) in [6.07, 6.45) is 2.86. The molecular weight excluding hydrogens is 384 g/mol. The van der Waals surface area contributed by atoms with Crippen LogP contribution in [-0.4, -0.2) is 31.7 Å². The second-order valence-electron chi connectivity index (χ2n) is 6.51. The van der Waals surface area contributed by atoms with E-state index >= 15 is 0 Å². The first kappa shape index (κ1) is 19.1. The summed E-state index contributed by atoms with van der Waals surface area (Å²) < 4.78 is 6.72. The molecule has 0 unspecified atom stereocenters. The topological polar surface area (TPSA) is 115 Å². The van der Waals surface area contributed by atoms with Crippen molar-refractivity contribution in [3.05, 3.63) is 79.0 Å². The Labute approximate surface area is 171 Å². The molecule has 0 aliphatic heterocycles. The average Bonchev–Trinajstić information content (AvgIpc) is 3.48. The van der Waals surface area contributed by atoms with Gasteiger partial charge in [0.25, 0.3) is 5.91 Å². The maximum Gasteiger partial charge on any atom is 0.277 e. The second-order valence-corrected chi connectivity index (χ2v) is 6.51. The first-order valence-electron chi connectivity index (χ1n) is 9.18. The van der Waals surface area contributed by atoms with Gasteiger partial charge in [0, 0.05) is 23.0 Å². The van der Waals surface area contributed by atoms with Gasteiger partial charge < -0.3 is 15.2 Å². The monoisotopic (exact) mass is 402 g/mol. The van der Waals surface area contributed by atoms with Gasteiger partial charge >= 0.3 is 0 Å². The number of aromatic nitrogens is 4. The standard InChI is InChI=1S/C21H18N6O3/c1-14(27-13-22-12-23-27)20(28)24-16-7-9-17(10-8-16)25-21(29)18-11-19(30-26-18)15-5-3-2-4-6-15/h2-14H,1H3,(H,24,28)(H,25,29)/t14-/m1/s1. The maximum absolute atomic E-state index is 12.4. The molecule has 30 heavy (non-hydrogen) atoms. The summed E-state index contributed by atoms with van der Waals surface area (Å²) in [6, 6.07) is 17.3. The number of carbonyl (C=O) groups is 2. The fraction of sp³-hybridized carbons (Fsp3) is 0.0952. The SMILES string of the molecule is C[C@H](C(=O)Nc1ccc(NC(=O)c2cc(-c3ccccc3)on2)cc1)n1cncn1. The molecule has 4 rings (SSSR count). The summed E-state index contributed by atoms with van der Waals surface area (Å²) in [5.41, 5.74) is 2.17. The van der Waals surface area contributed by atoms with E-state index in [0.717, 1.165) is 5.56 Å². The van der Waals surface area contributed by atoms with E-state index in [4.69, 9.17) is 4.52 Å². The molecule has 9 nitrogen and oxygen atoms in total. The van der Waals surface area contributed by atoms with Crippen LogP contribution in [0.5, 0.6) is 0 Å². The van der Waals surface area contributed by atoms with Gasteiger partial charge in [0.15, 0.2) is 11.5 Å². The van der Waals surface area contributed by atoms with Crippen LogP contribution in [0.15, 0.2) is 77.8 Å². The van der Waals surface area contributed by atoms with Crippen LogP contribution in [0.1, 0.15) is 23.5 Å². The van der Waals surface area contributed by atoms with Crippen molar-refractivity contribution in [2.24, 2.45) is 0 Å². The van der Waals surface area contributed by atoms with E-state index in [1.165, 1.54) is 17.3 Å². The molecule has 2 aromatic carbocycles. The molecule has 1 atom stereocenters. The number of nitrogens with one attached hydrogen (secondary N) is 2. The van der Waals surface area contributed by atoms with E-state index in [-0.39, 0.29) is 11.6 Å². The van der Waals surface area contributed by atoms with Crippen LogP contribution in [-0.2, 0) is 4.79 Å². The number of anilines is 2. The highest BCUT2D eigenvalue weighted by Gasteiger charge is 2.16. The van der Waals surface area contributed by atoms with E-state index in [2.05, 4.69) is 25.9 Å². The van der Waals surface area contributed by atoms with Gasteiger partial charge in [-0.2, -0.15) is 5.10 Å². The zero-order chi connectivity index (χ0) is 20.9. The second kappa shape index (κ2) is 8.39. The largest absolute Gasteiger partial charge is 0.355 e. The van der Waals surface area contributed by atoms with Crippen molar-refractivity contribution >= 4 is 23.2 Å². The third kappa shape index (κ3) is 4.25. The molecule has 2 amide bonds. The lowest BCUT2D eigenvalue weighted by atomic mass is 10.1. The van der Waals surface area contributed by atoms with Crippen molar-refractivity contribution in [3.63, 3.8) is 0 Å². The molecule has 0 aliphatic carbocycles. The number of hydrogen-bond donors (Lipinski definition) is 2. The van der Waals surface area contributed by atoms with E-state index < -0.39 is 11.9 Å². The van der Waals surface area contributed by atoms with Gasteiger partial charge in [-0.25, -0.2) is 9.67 Å². The van der Waals surface area contributed by atoms with Crippen molar-refractivity contribution in [3.8, 4) is 11.3 Å². The third-order valence-corrected chi connectivity index (χ3v) is 4.42. The van der Waals surface area contributed by atoms with E-state index in [1.54, 1.807) is 37.3 Å². The van der Waals surface area contributed by atoms with E-state index in [9.17, 15) is 9.59 Å². The predicted octanol–water partition coefficient (Wildman–Crippen LogP) is 3.39. The normalized spacial score (nSPS) is 11.6. The van der Waals surface area contributed by atoms with Crippen molar-refractivity contribution in [2.45, 2.75) is 13.0 Å². The number of hydrogen-bond acceptors (Lipinski definition) is 6. The predicted molar refractivity (Wildman–Crippen MR) is 110 cm³/mol. The number of nitrogens with zero attached hydrogens (tertiary/aromatic N) is 4. The molecule has 0 fully saturated rings. The zero-order valence-electron chi connectivity index (χ0n) is 16.0. The van der Waals surface area contributed by atoms with Crippen molar-refractivity contribution in [1.82, 2.24) is 19.9 Å². The summed E-state index contributed by atoms with van der Waals surface area (Å²) in [7, 11) is 0. The molecular formula is C21H18N6O3. The van der Waals surface area contributed by atoms with Gasteiger partial charge in [0.2, 0.25) is 5.91 Å². The molecule has 2 heterocycles. The minimum absolute atomic E-state index is 0.174. The Balaban J connectivity index is 1.37. The van der Waals surface area contributed by atoms with Gasteiger partial charge in [-0.15, -0.1) is 0 Å². The van der Waals surface area contributed by atoms with Crippen LogP contribution in [0.2, 0.25) is 0 Å². The third-order valence-electron chi connectivity index (χ3n) is 4.42. The smallest absolute Gasteiger partial charge is 0.277 e. The molecule has 0 bridgehead atoms. The minimum atomic E-state index is -0.502. The summed E-state index contributed by atoms with van der Waals surface area (Å²) in [5, 5.41) is 13.3. The van der Waals surface area contributed by atoms with Crippen molar-refractivity contribution in [2.75, 3.05) is 10.6 Å². The van der Waals surface area contributed by atoms with Crippen LogP contribution in [0.3, 0.4) is 0 Å². The molecule has 0 saturated heterocycles. The average molecular weight is 402 g/mol. The van der Waals surface area contributed by atoms with E-state index in [1.807, 2.05) is 30.3 Å². The molecule has 0 saturated carbocycles. The lowest BCUT2D eigenvalue weighted by Crippen LogP contribution is -2.24. The Hall–Kier alpha value is -4.27. The Morgan fingerprint density at radius 2 is 1.70 bits per heavy atom. The van der Waals surface area contributed by atoms with E-state index in [0.29, 0.717) is 17.1 Å². The van der Waals surface area contributed by atoms with Crippen LogP contribution >= 0.6 is 0 Å². The van der Waals surface area contributed by atoms with Gasteiger partial charge in [-0.3, -0.25) is 9.59 Å².